The first-order chi connectivity index (χ1) is 12.7. The van der Waals surface area contributed by atoms with Gasteiger partial charge in [-0.25, -0.2) is 15.0 Å². The van der Waals surface area contributed by atoms with Crippen molar-refractivity contribution in [3.63, 3.8) is 0 Å². The molecule has 1 aliphatic heterocycles. The van der Waals surface area contributed by atoms with Gasteiger partial charge in [0.1, 0.15) is 23.0 Å². The van der Waals surface area contributed by atoms with Crippen molar-refractivity contribution in [2.75, 3.05) is 10.6 Å². The van der Waals surface area contributed by atoms with Crippen molar-refractivity contribution in [3.05, 3.63) is 54.1 Å². The molecule has 0 fully saturated rings. The number of carbonyl (C=O) groups is 1. The molecule has 5 rings (SSSR count). The summed E-state index contributed by atoms with van der Waals surface area (Å²) in [5.41, 5.74) is 8.98. The van der Waals surface area contributed by atoms with Gasteiger partial charge in [0.05, 0.1) is 18.7 Å². The van der Waals surface area contributed by atoms with Crippen molar-refractivity contribution in [2.45, 2.75) is 13.0 Å². The lowest BCUT2D eigenvalue weighted by atomic mass is 10.2. The number of hydrogen-bond acceptors (Lipinski definition) is 6. The summed E-state index contributed by atoms with van der Waals surface area (Å²) >= 11 is 0. The number of anilines is 2. The molecule has 0 unspecified atom stereocenters. The molecule has 9 nitrogen and oxygen atoms in total. The lowest BCUT2D eigenvalue weighted by Gasteiger charge is -2.15. The van der Waals surface area contributed by atoms with Crippen molar-refractivity contribution in [2.24, 2.45) is 0 Å². The SMILES string of the molecule is Nc1nc(-c2ccn[nH]2)nc2c1CC(=O)N2Cc1cn2ccccc2n1. The first kappa shape index (κ1) is 14.6. The van der Waals surface area contributed by atoms with Gasteiger partial charge >= 0.3 is 0 Å². The number of rotatable bonds is 3. The lowest BCUT2D eigenvalue weighted by molar-refractivity contribution is -0.117. The van der Waals surface area contributed by atoms with Gasteiger partial charge in [0.15, 0.2) is 5.82 Å². The Balaban J connectivity index is 1.56. The van der Waals surface area contributed by atoms with Gasteiger partial charge in [-0.2, -0.15) is 5.10 Å². The number of fused-ring (bicyclic) bond motifs is 2. The zero-order chi connectivity index (χ0) is 17.7. The van der Waals surface area contributed by atoms with E-state index in [1.165, 1.54) is 0 Å². The Hall–Kier alpha value is -3.75. The molecule has 0 aliphatic carbocycles. The number of nitrogen functional groups attached to an aromatic ring is 1. The van der Waals surface area contributed by atoms with E-state index in [4.69, 9.17) is 5.73 Å². The van der Waals surface area contributed by atoms with E-state index in [0.29, 0.717) is 35.3 Å². The average molecular weight is 346 g/mol. The predicted molar refractivity (Wildman–Crippen MR) is 94.1 cm³/mol. The van der Waals surface area contributed by atoms with E-state index in [9.17, 15) is 4.79 Å². The number of pyridine rings is 1. The molecule has 4 aromatic rings. The summed E-state index contributed by atoms with van der Waals surface area (Å²) in [4.78, 5) is 27.6. The number of nitrogens with two attached hydrogens (primary N) is 1. The fourth-order valence-electron chi connectivity index (χ4n) is 3.14. The third-order valence-corrected chi connectivity index (χ3v) is 4.38. The second kappa shape index (κ2) is 5.38. The van der Waals surface area contributed by atoms with E-state index in [1.807, 2.05) is 35.0 Å². The second-order valence-electron chi connectivity index (χ2n) is 6.06. The van der Waals surface area contributed by atoms with Gasteiger partial charge in [-0.3, -0.25) is 14.8 Å². The minimum Gasteiger partial charge on any atom is -0.383 e. The topological polar surface area (TPSA) is 118 Å². The summed E-state index contributed by atoms with van der Waals surface area (Å²) in [6.07, 6.45) is 5.63. The van der Waals surface area contributed by atoms with Crippen molar-refractivity contribution >= 4 is 23.2 Å². The maximum Gasteiger partial charge on any atom is 0.233 e. The molecule has 0 saturated carbocycles. The molecule has 1 amide bonds. The second-order valence-corrected chi connectivity index (χ2v) is 6.06. The predicted octanol–water partition coefficient (Wildman–Crippen LogP) is 1.19. The number of carbonyl (C=O) groups excluding carboxylic acids is 1. The summed E-state index contributed by atoms with van der Waals surface area (Å²) in [7, 11) is 0. The van der Waals surface area contributed by atoms with Crippen LogP contribution in [0.2, 0.25) is 0 Å². The monoisotopic (exact) mass is 346 g/mol. The minimum absolute atomic E-state index is 0.0696. The fourth-order valence-corrected chi connectivity index (χ4v) is 3.14. The average Bonchev–Trinajstić information content (AvgIpc) is 3.35. The highest BCUT2D eigenvalue weighted by molar-refractivity contribution is 6.01. The first-order valence-corrected chi connectivity index (χ1v) is 8.08. The molecule has 0 saturated heterocycles. The normalized spacial score (nSPS) is 13.5. The van der Waals surface area contributed by atoms with Crippen LogP contribution in [0, 0.1) is 0 Å². The van der Waals surface area contributed by atoms with Crippen molar-refractivity contribution in [3.8, 4) is 11.5 Å². The van der Waals surface area contributed by atoms with Crippen LogP contribution in [-0.2, 0) is 17.8 Å². The summed E-state index contributed by atoms with van der Waals surface area (Å²) in [6, 6.07) is 7.52. The van der Waals surface area contributed by atoms with Gasteiger partial charge < -0.3 is 10.1 Å². The molecule has 0 aromatic carbocycles. The first-order valence-electron chi connectivity index (χ1n) is 8.08. The molecule has 1 aliphatic rings. The largest absolute Gasteiger partial charge is 0.383 e. The molecule has 0 radical (unpaired) electrons. The van der Waals surface area contributed by atoms with Crippen LogP contribution in [0.25, 0.3) is 17.2 Å². The third-order valence-electron chi connectivity index (χ3n) is 4.38. The Labute approximate surface area is 147 Å². The van der Waals surface area contributed by atoms with Crippen LogP contribution in [0.1, 0.15) is 11.3 Å². The van der Waals surface area contributed by atoms with E-state index in [2.05, 4.69) is 25.1 Å². The van der Waals surface area contributed by atoms with Crippen LogP contribution in [0.5, 0.6) is 0 Å². The number of aromatic nitrogens is 6. The van der Waals surface area contributed by atoms with Crippen LogP contribution in [0.3, 0.4) is 0 Å². The van der Waals surface area contributed by atoms with E-state index in [-0.39, 0.29) is 12.3 Å². The fraction of sp³-hybridized carbons (Fsp3) is 0.118. The Kier molecular flexibility index (Phi) is 3.02. The molecule has 0 bridgehead atoms. The molecule has 0 atom stereocenters. The number of aromatic amines is 1. The van der Waals surface area contributed by atoms with Gasteiger partial charge in [0.2, 0.25) is 5.91 Å². The van der Waals surface area contributed by atoms with Gasteiger partial charge in [0, 0.05) is 24.2 Å². The summed E-state index contributed by atoms with van der Waals surface area (Å²) < 4.78 is 1.92. The summed E-state index contributed by atoms with van der Waals surface area (Å²) in [5.74, 6) is 1.18. The van der Waals surface area contributed by atoms with Crippen LogP contribution in [0.15, 0.2) is 42.9 Å². The maximum atomic E-state index is 12.5. The Morgan fingerprint density at radius 2 is 2.12 bits per heavy atom. The molecule has 3 N–H and O–H groups in total. The number of hydrogen-bond donors (Lipinski definition) is 2. The van der Waals surface area contributed by atoms with Gasteiger partial charge in [-0.1, -0.05) is 6.07 Å². The number of nitrogens with one attached hydrogen (secondary N) is 1. The smallest absolute Gasteiger partial charge is 0.233 e. The molecule has 0 spiro atoms. The molecule has 128 valence electrons. The molecule has 9 heteroatoms. The van der Waals surface area contributed by atoms with E-state index in [0.717, 1.165) is 11.3 Å². The molecular weight excluding hydrogens is 332 g/mol. The summed E-state index contributed by atoms with van der Waals surface area (Å²) in [6.45, 7) is 0.326. The zero-order valence-electron chi connectivity index (χ0n) is 13.6. The number of nitrogens with zero attached hydrogens (tertiary/aromatic N) is 6. The number of H-pyrrole nitrogens is 1. The van der Waals surface area contributed by atoms with Crippen molar-refractivity contribution in [1.82, 2.24) is 29.5 Å². The van der Waals surface area contributed by atoms with E-state index in [1.54, 1.807) is 17.2 Å². The van der Waals surface area contributed by atoms with Gasteiger partial charge in [-0.15, -0.1) is 0 Å². The molecular formula is C17H14N8O. The van der Waals surface area contributed by atoms with Crippen molar-refractivity contribution in [1.29, 1.82) is 0 Å². The third kappa shape index (κ3) is 2.21. The van der Waals surface area contributed by atoms with Gasteiger partial charge in [-0.05, 0) is 18.2 Å². The Morgan fingerprint density at radius 3 is 2.92 bits per heavy atom. The van der Waals surface area contributed by atoms with Crippen LogP contribution >= 0.6 is 0 Å². The Bertz CT molecular complexity index is 1100. The number of amides is 1. The highest BCUT2D eigenvalue weighted by Crippen LogP contribution is 2.33. The van der Waals surface area contributed by atoms with E-state index >= 15 is 0 Å². The maximum absolute atomic E-state index is 12.5. The zero-order valence-corrected chi connectivity index (χ0v) is 13.6. The van der Waals surface area contributed by atoms with E-state index < -0.39 is 0 Å². The summed E-state index contributed by atoms with van der Waals surface area (Å²) in [5, 5.41) is 6.72. The lowest BCUT2D eigenvalue weighted by Crippen LogP contribution is -2.27. The Morgan fingerprint density at radius 1 is 1.19 bits per heavy atom. The van der Waals surface area contributed by atoms with Crippen LogP contribution in [0.4, 0.5) is 11.6 Å². The van der Waals surface area contributed by atoms with Crippen LogP contribution in [-0.4, -0.2) is 35.5 Å². The molecule has 26 heavy (non-hydrogen) atoms. The van der Waals surface area contributed by atoms with Crippen molar-refractivity contribution < 1.29 is 4.79 Å². The highest BCUT2D eigenvalue weighted by atomic mass is 16.2. The quantitative estimate of drug-likeness (QED) is 0.575. The standard InChI is InChI=1S/C17H14N8O/c18-15-11-7-14(26)25(9-10-8-24-6-2-1-3-13(24)20-10)17(11)22-16(21-15)12-4-5-19-23-12/h1-6,8H,7,9H2,(H,19,23)(H2,18,21,22). The highest BCUT2D eigenvalue weighted by Gasteiger charge is 2.32. The minimum atomic E-state index is -0.0696. The molecule has 5 heterocycles. The number of imidazole rings is 1. The van der Waals surface area contributed by atoms with Crippen LogP contribution < -0.4 is 10.6 Å². The molecule has 4 aromatic heterocycles. The van der Waals surface area contributed by atoms with Gasteiger partial charge in [0.25, 0.3) is 0 Å².